The average Bonchev–Trinajstić information content (AvgIpc) is 3.35. The second kappa shape index (κ2) is 8.22. The van der Waals surface area contributed by atoms with Crippen molar-refractivity contribution in [1.29, 1.82) is 0 Å². The number of aliphatic hydroxyl groups excluding tert-OH is 1. The Morgan fingerprint density at radius 1 is 1.26 bits per heavy atom. The summed E-state index contributed by atoms with van der Waals surface area (Å²) in [6, 6.07) is 6.54. The maximum atomic E-state index is 11.7. The van der Waals surface area contributed by atoms with E-state index >= 15 is 0 Å². The molecule has 0 amide bonds. The summed E-state index contributed by atoms with van der Waals surface area (Å²) in [7, 11) is -3.35. The SMILES string of the molecule is Cc1c([C@@H](O)CNCc2cnn(-c3ccc(S(C)(=O)=O)nc3)c2)ccc2c1COC2=O. The summed E-state index contributed by atoms with van der Waals surface area (Å²) in [5.41, 5.74) is 4.56. The minimum Gasteiger partial charge on any atom is -0.457 e. The van der Waals surface area contributed by atoms with Gasteiger partial charge in [-0.25, -0.2) is 22.9 Å². The van der Waals surface area contributed by atoms with Gasteiger partial charge in [-0.2, -0.15) is 5.10 Å². The number of carbonyl (C=O) groups excluding carboxylic acids is 1. The van der Waals surface area contributed by atoms with Crippen LogP contribution in [0.1, 0.15) is 38.7 Å². The fourth-order valence-electron chi connectivity index (χ4n) is 3.51. The van der Waals surface area contributed by atoms with Crippen LogP contribution in [0.2, 0.25) is 0 Å². The Labute approximate surface area is 179 Å². The number of aromatic nitrogens is 3. The standard InChI is InChI=1S/C21H22N4O5S/c1-13-16(4-5-17-18(13)12-30-21(17)27)19(26)10-22-7-14-8-24-25(11-14)15-3-6-20(23-9-15)31(2,28)29/h3-6,8-9,11,19,22,26H,7,10,12H2,1-2H3/t19-/m0/s1. The van der Waals surface area contributed by atoms with Crippen molar-refractivity contribution in [2.24, 2.45) is 0 Å². The molecule has 0 saturated heterocycles. The molecule has 1 aromatic carbocycles. The van der Waals surface area contributed by atoms with Gasteiger partial charge in [0.1, 0.15) is 6.61 Å². The van der Waals surface area contributed by atoms with Crippen LogP contribution in [-0.2, 0) is 27.7 Å². The summed E-state index contributed by atoms with van der Waals surface area (Å²) >= 11 is 0. The van der Waals surface area contributed by atoms with Crippen LogP contribution >= 0.6 is 0 Å². The Kier molecular flexibility index (Phi) is 5.61. The van der Waals surface area contributed by atoms with Gasteiger partial charge in [0.2, 0.25) is 0 Å². The molecule has 1 atom stereocenters. The lowest BCUT2D eigenvalue weighted by atomic mass is 9.95. The monoisotopic (exact) mass is 442 g/mol. The van der Waals surface area contributed by atoms with E-state index in [1.165, 1.54) is 12.3 Å². The molecular weight excluding hydrogens is 420 g/mol. The summed E-state index contributed by atoms with van der Waals surface area (Å²) in [4.78, 5) is 15.6. The number of cyclic esters (lactones) is 1. The average molecular weight is 442 g/mol. The van der Waals surface area contributed by atoms with Gasteiger partial charge in [0, 0.05) is 36.7 Å². The van der Waals surface area contributed by atoms with Gasteiger partial charge >= 0.3 is 5.97 Å². The second-order valence-corrected chi connectivity index (χ2v) is 9.41. The lowest BCUT2D eigenvalue weighted by Crippen LogP contribution is -2.21. The van der Waals surface area contributed by atoms with Crippen LogP contribution < -0.4 is 5.32 Å². The molecule has 3 aromatic rings. The van der Waals surface area contributed by atoms with Gasteiger partial charge < -0.3 is 15.2 Å². The van der Waals surface area contributed by atoms with Crippen molar-refractivity contribution in [1.82, 2.24) is 20.1 Å². The first-order valence-electron chi connectivity index (χ1n) is 9.62. The van der Waals surface area contributed by atoms with Crippen molar-refractivity contribution >= 4 is 15.8 Å². The molecule has 31 heavy (non-hydrogen) atoms. The molecule has 10 heteroatoms. The molecule has 9 nitrogen and oxygen atoms in total. The highest BCUT2D eigenvalue weighted by Gasteiger charge is 2.25. The molecule has 3 heterocycles. The van der Waals surface area contributed by atoms with E-state index in [0.29, 0.717) is 24.3 Å². The third-order valence-electron chi connectivity index (χ3n) is 5.23. The van der Waals surface area contributed by atoms with Crippen molar-refractivity contribution in [2.45, 2.75) is 31.2 Å². The zero-order valence-electron chi connectivity index (χ0n) is 17.1. The highest BCUT2D eigenvalue weighted by Crippen LogP contribution is 2.28. The van der Waals surface area contributed by atoms with Crippen molar-refractivity contribution < 1.29 is 23.1 Å². The summed E-state index contributed by atoms with van der Waals surface area (Å²) in [5.74, 6) is -0.324. The minimum absolute atomic E-state index is 0.0112. The molecule has 0 unspecified atom stereocenters. The lowest BCUT2D eigenvalue weighted by Gasteiger charge is -2.16. The molecule has 0 bridgehead atoms. The number of hydrogen-bond acceptors (Lipinski definition) is 8. The van der Waals surface area contributed by atoms with Crippen molar-refractivity contribution in [3.8, 4) is 5.69 Å². The molecule has 4 rings (SSSR count). The molecule has 0 spiro atoms. The molecule has 1 aliphatic rings. The maximum absolute atomic E-state index is 11.7. The fraction of sp³-hybridized carbons (Fsp3) is 0.286. The highest BCUT2D eigenvalue weighted by molar-refractivity contribution is 7.90. The predicted molar refractivity (Wildman–Crippen MR) is 111 cm³/mol. The van der Waals surface area contributed by atoms with Crippen molar-refractivity contribution in [2.75, 3.05) is 12.8 Å². The van der Waals surface area contributed by atoms with E-state index in [1.807, 2.05) is 6.92 Å². The first kappa shape index (κ1) is 21.2. The van der Waals surface area contributed by atoms with Gasteiger partial charge in [-0.15, -0.1) is 0 Å². The van der Waals surface area contributed by atoms with Gasteiger partial charge in [0.25, 0.3) is 0 Å². The number of pyridine rings is 1. The van der Waals surface area contributed by atoms with Crippen LogP contribution in [0.15, 0.2) is 47.9 Å². The second-order valence-electron chi connectivity index (χ2n) is 7.45. The normalized spacial score (nSPS) is 14.4. The van der Waals surface area contributed by atoms with Gasteiger partial charge in [-0.3, -0.25) is 0 Å². The fourth-order valence-corrected chi connectivity index (χ4v) is 4.07. The van der Waals surface area contributed by atoms with Gasteiger partial charge in [-0.05, 0) is 36.2 Å². The molecule has 0 aliphatic carbocycles. The molecule has 0 radical (unpaired) electrons. The molecule has 2 N–H and O–H groups in total. The zero-order valence-corrected chi connectivity index (χ0v) is 17.9. The van der Waals surface area contributed by atoms with Gasteiger partial charge in [-0.1, -0.05) is 6.07 Å². The Morgan fingerprint density at radius 3 is 2.77 bits per heavy atom. The van der Waals surface area contributed by atoms with E-state index in [4.69, 9.17) is 4.74 Å². The van der Waals surface area contributed by atoms with Gasteiger partial charge in [0.05, 0.1) is 29.7 Å². The minimum atomic E-state index is -3.35. The van der Waals surface area contributed by atoms with E-state index in [-0.39, 0.29) is 17.6 Å². The van der Waals surface area contributed by atoms with Crippen LogP contribution in [0, 0.1) is 6.92 Å². The topological polar surface area (TPSA) is 123 Å². The zero-order chi connectivity index (χ0) is 22.2. The number of nitrogens with zero attached hydrogens (tertiary/aromatic N) is 3. The van der Waals surface area contributed by atoms with Crippen LogP contribution in [0.5, 0.6) is 0 Å². The van der Waals surface area contributed by atoms with E-state index < -0.39 is 15.9 Å². The molecule has 2 aromatic heterocycles. The van der Waals surface area contributed by atoms with E-state index in [1.54, 1.807) is 35.3 Å². The number of carbonyl (C=O) groups is 1. The largest absolute Gasteiger partial charge is 0.457 e. The number of hydrogen-bond donors (Lipinski definition) is 2. The quantitative estimate of drug-likeness (QED) is 0.528. The Morgan fingerprint density at radius 2 is 2.06 bits per heavy atom. The van der Waals surface area contributed by atoms with Crippen LogP contribution in [0.3, 0.4) is 0 Å². The molecule has 162 valence electrons. The lowest BCUT2D eigenvalue weighted by molar-refractivity contribution is 0.0535. The Bertz CT molecular complexity index is 1240. The summed E-state index contributed by atoms with van der Waals surface area (Å²) in [6.45, 7) is 2.93. The predicted octanol–water partition coefficient (Wildman–Crippen LogP) is 1.47. The third kappa shape index (κ3) is 4.36. The number of nitrogens with one attached hydrogen (secondary N) is 1. The molecular formula is C21H22N4O5S. The number of sulfone groups is 1. The van der Waals surface area contributed by atoms with Crippen LogP contribution in [0.25, 0.3) is 5.69 Å². The molecule has 1 aliphatic heterocycles. The van der Waals surface area contributed by atoms with Crippen molar-refractivity contribution in [3.63, 3.8) is 0 Å². The van der Waals surface area contributed by atoms with E-state index in [9.17, 15) is 18.3 Å². The molecule has 0 saturated carbocycles. The Balaban J connectivity index is 1.37. The number of benzene rings is 1. The Hall–Kier alpha value is -3.08. The van der Waals surface area contributed by atoms with E-state index in [2.05, 4.69) is 15.4 Å². The number of aliphatic hydroxyl groups is 1. The van der Waals surface area contributed by atoms with Crippen LogP contribution in [0.4, 0.5) is 0 Å². The van der Waals surface area contributed by atoms with E-state index in [0.717, 1.165) is 28.5 Å². The summed E-state index contributed by atoms with van der Waals surface area (Å²) in [5, 5.41) is 18.1. The number of rotatable bonds is 7. The first-order chi connectivity index (χ1) is 14.7. The number of ether oxygens (including phenoxy) is 1. The highest BCUT2D eigenvalue weighted by atomic mass is 32.2. The summed E-state index contributed by atoms with van der Waals surface area (Å²) < 4.78 is 29.7. The number of esters is 1. The number of fused-ring (bicyclic) bond motifs is 1. The van der Waals surface area contributed by atoms with Crippen molar-refractivity contribution in [3.05, 3.63) is 70.7 Å². The maximum Gasteiger partial charge on any atom is 0.338 e. The van der Waals surface area contributed by atoms with Crippen LogP contribution in [-0.4, -0.2) is 47.1 Å². The molecule has 0 fully saturated rings. The summed E-state index contributed by atoms with van der Waals surface area (Å²) in [6.07, 6.45) is 5.32. The first-order valence-corrected chi connectivity index (χ1v) is 11.5. The smallest absolute Gasteiger partial charge is 0.338 e. The third-order valence-corrected chi connectivity index (χ3v) is 6.24. The van der Waals surface area contributed by atoms with Gasteiger partial charge in [0.15, 0.2) is 14.9 Å².